The van der Waals surface area contributed by atoms with Gasteiger partial charge in [0.15, 0.2) is 23.0 Å². The number of nitrogens with two attached hydrogens (primary N) is 2. The molecule has 2 aromatic rings. The largest absolute Gasteiger partial charge is 0.504 e. The van der Waals surface area contributed by atoms with Gasteiger partial charge in [-0.15, -0.1) is 0 Å². The van der Waals surface area contributed by atoms with E-state index in [4.69, 9.17) is 37.1 Å². The predicted octanol–water partition coefficient (Wildman–Crippen LogP) is -0.510. The van der Waals surface area contributed by atoms with Crippen LogP contribution >= 0.6 is 0 Å². The molecule has 0 unspecified atom stereocenters. The second-order valence-electron chi connectivity index (χ2n) is 6.84. The fourth-order valence-corrected chi connectivity index (χ4v) is 2.34. The van der Waals surface area contributed by atoms with E-state index in [2.05, 4.69) is 5.43 Å². The fourth-order valence-electron chi connectivity index (χ4n) is 2.34. The Morgan fingerprint density at radius 1 is 0.968 bits per heavy atom. The molecule has 3 atom stereocenters. The van der Waals surface area contributed by atoms with Gasteiger partial charge in [0.1, 0.15) is 17.7 Å². The van der Waals surface area contributed by atoms with E-state index in [1.165, 1.54) is 31.2 Å². The third-order valence-electron chi connectivity index (χ3n) is 4.35. The summed E-state index contributed by atoms with van der Waals surface area (Å²) in [6, 6.07) is 6.12. The molecule has 12 heteroatoms. The molecule has 0 aliphatic rings. The number of phenolic OH excluding ortho intramolecular Hbond substituents is 4. The van der Waals surface area contributed by atoms with Crippen LogP contribution in [-0.4, -0.2) is 59.3 Å². The second kappa shape index (κ2) is 10.4. The standard InChI is InChI=1S/C10H14N2O4.C9H11NO5/c1-10(12-11,9(15)16)5-6-2-3-7(13)8(14)4-6;10-7(9(14)15)8(13)4-1-2-5(11)6(12)3-4/h2-4,12-14H,5,11H2,1H3,(H,15,16);1-3,7-8,11-13H,10H2,(H,14,15)/t10-;7-,8+/m00/s1. The highest BCUT2D eigenvalue weighted by molar-refractivity contribution is 5.78. The van der Waals surface area contributed by atoms with Crippen molar-refractivity contribution in [1.82, 2.24) is 5.43 Å². The van der Waals surface area contributed by atoms with Gasteiger partial charge < -0.3 is 41.5 Å². The number of hydrogen-bond donors (Lipinski definition) is 10. The Hall–Kier alpha value is -3.58. The van der Waals surface area contributed by atoms with Gasteiger partial charge in [-0.2, -0.15) is 0 Å². The summed E-state index contributed by atoms with van der Waals surface area (Å²) in [5.41, 5.74) is 6.77. The zero-order valence-corrected chi connectivity index (χ0v) is 16.4. The van der Waals surface area contributed by atoms with Gasteiger partial charge in [0.05, 0.1) is 0 Å². The summed E-state index contributed by atoms with van der Waals surface area (Å²) < 4.78 is 0. The van der Waals surface area contributed by atoms with E-state index < -0.39 is 35.4 Å². The molecular weight excluding hydrogens is 414 g/mol. The average Bonchev–Trinajstić information content (AvgIpc) is 2.71. The Kier molecular flexibility index (Phi) is 8.58. The number of hydrazine groups is 1. The Balaban J connectivity index is 0.000000311. The molecule has 0 radical (unpaired) electrons. The van der Waals surface area contributed by atoms with Gasteiger partial charge in [-0.1, -0.05) is 12.1 Å². The lowest BCUT2D eigenvalue weighted by atomic mass is 9.93. The molecule has 31 heavy (non-hydrogen) atoms. The SMILES string of the molecule is C[C@@](Cc1ccc(O)c(O)c1)(NN)C(=O)O.N[C@H](C(=O)O)[C@H](O)c1ccc(O)c(O)c1. The number of aliphatic hydroxyl groups is 1. The van der Waals surface area contributed by atoms with Gasteiger partial charge in [0, 0.05) is 6.42 Å². The summed E-state index contributed by atoms with van der Waals surface area (Å²) >= 11 is 0. The van der Waals surface area contributed by atoms with E-state index in [1.807, 2.05) is 0 Å². The summed E-state index contributed by atoms with van der Waals surface area (Å²) in [6.07, 6.45) is -1.35. The summed E-state index contributed by atoms with van der Waals surface area (Å²) in [4.78, 5) is 21.4. The first-order valence-corrected chi connectivity index (χ1v) is 8.72. The van der Waals surface area contributed by atoms with E-state index in [1.54, 1.807) is 0 Å². The predicted molar refractivity (Wildman–Crippen MR) is 107 cm³/mol. The van der Waals surface area contributed by atoms with Crippen LogP contribution in [0.15, 0.2) is 36.4 Å². The molecule has 0 fully saturated rings. The van der Waals surface area contributed by atoms with Crippen LogP contribution in [0, 0.1) is 0 Å². The smallest absolute Gasteiger partial charge is 0.325 e. The van der Waals surface area contributed by atoms with E-state index >= 15 is 0 Å². The number of carbonyl (C=O) groups is 2. The van der Waals surface area contributed by atoms with Crippen molar-refractivity contribution in [2.45, 2.75) is 31.0 Å². The van der Waals surface area contributed by atoms with Crippen molar-refractivity contribution in [3.05, 3.63) is 47.5 Å². The van der Waals surface area contributed by atoms with Crippen molar-refractivity contribution < 1.29 is 45.3 Å². The van der Waals surface area contributed by atoms with Gasteiger partial charge in [-0.05, 0) is 42.3 Å². The third kappa shape index (κ3) is 6.72. The minimum absolute atomic E-state index is 0.0900. The van der Waals surface area contributed by atoms with Crippen molar-refractivity contribution in [1.29, 1.82) is 0 Å². The number of aromatic hydroxyl groups is 4. The summed E-state index contributed by atoms with van der Waals surface area (Å²) in [6.45, 7) is 1.43. The van der Waals surface area contributed by atoms with E-state index in [9.17, 15) is 19.8 Å². The Labute approximate surface area is 176 Å². The molecular formula is C19H25N3O9. The molecule has 0 aliphatic heterocycles. The zero-order valence-electron chi connectivity index (χ0n) is 16.4. The number of benzene rings is 2. The highest BCUT2D eigenvalue weighted by Gasteiger charge is 2.32. The number of aliphatic carboxylic acids is 2. The molecule has 0 heterocycles. The molecule has 0 saturated carbocycles. The van der Waals surface area contributed by atoms with Gasteiger partial charge in [0.2, 0.25) is 0 Å². The van der Waals surface area contributed by atoms with Crippen LogP contribution in [0.4, 0.5) is 0 Å². The molecule has 0 aliphatic carbocycles. The molecule has 0 amide bonds. The Bertz CT molecular complexity index is 938. The molecule has 12 nitrogen and oxygen atoms in total. The van der Waals surface area contributed by atoms with Crippen LogP contribution in [-0.2, 0) is 16.0 Å². The Morgan fingerprint density at radius 3 is 1.90 bits per heavy atom. The van der Waals surface area contributed by atoms with Crippen molar-refractivity contribution in [3.8, 4) is 23.0 Å². The maximum Gasteiger partial charge on any atom is 0.325 e. The van der Waals surface area contributed by atoms with Crippen LogP contribution < -0.4 is 17.0 Å². The van der Waals surface area contributed by atoms with Crippen LogP contribution in [0.1, 0.15) is 24.2 Å². The van der Waals surface area contributed by atoms with Gasteiger partial charge in [-0.3, -0.25) is 15.4 Å². The zero-order chi connectivity index (χ0) is 23.9. The third-order valence-corrected chi connectivity index (χ3v) is 4.35. The monoisotopic (exact) mass is 439 g/mol. The number of nitrogens with one attached hydrogen (secondary N) is 1. The average molecular weight is 439 g/mol. The number of carboxylic acid groups (broad SMARTS) is 2. The fraction of sp³-hybridized carbons (Fsp3) is 0.263. The highest BCUT2D eigenvalue weighted by Crippen LogP contribution is 2.29. The van der Waals surface area contributed by atoms with Crippen molar-refractivity contribution in [2.24, 2.45) is 11.6 Å². The number of rotatable bonds is 7. The van der Waals surface area contributed by atoms with Gasteiger partial charge in [-0.25, -0.2) is 5.43 Å². The summed E-state index contributed by atoms with van der Waals surface area (Å²) in [5.74, 6) is 1.40. The molecule has 0 saturated heterocycles. The Morgan fingerprint density at radius 2 is 1.48 bits per heavy atom. The minimum Gasteiger partial charge on any atom is -0.504 e. The van der Waals surface area contributed by atoms with E-state index in [0.717, 1.165) is 12.1 Å². The van der Waals surface area contributed by atoms with Crippen LogP contribution in [0.5, 0.6) is 23.0 Å². The molecule has 0 spiro atoms. The normalized spacial score (nSPS) is 14.5. The molecule has 2 aromatic carbocycles. The molecule has 2 rings (SSSR count). The first kappa shape index (κ1) is 25.5. The topological polar surface area (TPSA) is 240 Å². The lowest BCUT2D eigenvalue weighted by Crippen LogP contribution is -2.54. The minimum atomic E-state index is -1.48. The number of phenols is 4. The highest BCUT2D eigenvalue weighted by atomic mass is 16.4. The van der Waals surface area contributed by atoms with Gasteiger partial charge >= 0.3 is 11.9 Å². The van der Waals surface area contributed by atoms with Crippen LogP contribution in [0.25, 0.3) is 0 Å². The lowest BCUT2D eigenvalue weighted by molar-refractivity contribution is -0.144. The number of hydrogen-bond acceptors (Lipinski definition) is 10. The first-order valence-electron chi connectivity index (χ1n) is 8.72. The van der Waals surface area contributed by atoms with Crippen LogP contribution in [0.3, 0.4) is 0 Å². The second-order valence-corrected chi connectivity index (χ2v) is 6.84. The summed E-state index contributed by atoms with van der Waals surface area (Å²) in [5, 5.41) is 63.5. The quantitative estimate of drug-likeness (QED) is 0.149. The lowest BCUT2D eigenvalue weighted by Gasteiger charge is -2.23. The van der Waals surface area contributed by atoms with E-state index in [-0.39, 0.29) is 29.2 Å². The molecule has 12 N–H and O–H groups in total. The van der Waals surface area contributed by atoms with E-state index in [0.29, 0.717) is 5.56 Å². The molecule has 170 valence electrons. The first-order chi connectivity index (χ1) is 14.3. The number of aliphatic hydroxyl groups excluding tert-OH is 1. The van der Waals surface area contributed by atoms with Crippen LogP contribution in [0.2, 0.25) is 0 Å². The molecule has 0 bridgehead atoms. The van der Waals surface area contributed by atoms with Crippen molar-refractivity contribution >= 4 is 11.9 Å². The summed E-state index contributed by atoms with van der Waals surface area (Å²) in [7, 11) is 0. The number of carboxylic acids is 2. The maximum atomic E-state index is 11.0. The van der Waals surface area contributed by atoms with Gasteiger partial charge in [0.25, 0.3) is 0 Å². The van der Waals surface area contributed by atoms with Crippen molar-refractivity contribution in [2.75, 3.05) is 0 Å². The molecule has 0 aromatic heterocycles. The maximum absolute atomic E-state index is 11.0. The van der Waals surface area contributed by atoms with Crippen molar-refractivity contribution in [3.63, 3.8) is 0 Å².